The number of oxazole rings is 1. The molecular formula is C19H22N4O2. The molecule has 0 unspecified atom stereocenters. The van der Waals surface area contributed by atoms with Gasteiger partial charge in [-0.05, 0) is 37.8 Å². The highest BCUT2D eigenvalue weighted by Gasteiger charge is 2.45. The lowest BCUT2D eigenvalue weighted by atomic mass is 9.78. The summed E-state index contributed by atoms with van der Waals surface area (Å²) in [5.74, 6) is 1.41. The van der Waals surface area contributed by atoms with Gasteiger partial charge in [-0.1, -0.05) is 26.0 Å². The Bertz CT molecular complexity index is 784. The van der Waals surface area contributed by atoms with Crippen LogP contribution in [0.1, 0.15) is 56.4 Å². The predicted octanol–water partition coefficient (Wildman–Crippen LogP) is 3.65. The number of hydrogen-bond donors (Lipinski definition) is 2. The Morgan fingerprint density at radius 2 is 1.96 bits per heavy atom. The van der Waals surface area contributed by atoms with E-state index in [1.165, 1.54) is 0 Å². The summed E-state index contributed by atoms with van der Waals surface area (Å²) in [6.07, 6.45) is 9.66. The lowest BCUT2D eigenvalue weighted by Gasteiger charge is -2.37. The van der Waals surface area contributed by atoms with E-state index in [1.54, 1.807) is 12.2 Å². The summed E-state index contributed by atoms with van der Waals surface area (Å²) in [5.41, 5.74) is 2.18. The molecule has 2 N–H and O–H groups in total. The Morgan fingerprint density at radius 3 is 2.64 bits per heavy atom. The van der Waals surface area contributed by atoms with Crippen LogP contribution in [0.25, 0.3) is 12.2 Å². The maximum absolute atomic E-state index is 12.5. The minimum Gasteiger partial charge on any atom is -0.423 e. The van der Waals surface area contributed by atoms with Crippen molar-refractivity contribution in [1.82, 2.24) is 10.3 Å². The zero-order valence-electron chi connectivity index (χ0n) is 14.2. The van der Waals surface area contributed by atoms with Gasteiger partial charge in [-0.2, -0.15) is 4.98 Å². The molecule has 0 atom stereocenters. The monoisotopic (exact) mass is 338 g/mol. The van der Waals surface area contributed by atoms with Crippen molar-refractivity contribution < 1.29 is 9.21 Å². The second-order valence-corrected chi connectivity index (χ2v) is 6.76. The third-order valence-corrected chi connectivity index (χ3v) is 5.19. The van der Waals surface area contributed by atoms with Crippen LogP contribution >= 0.6 is 0 Å². The first-order chi connectivity index (χ1) is 12.1. The van der Waals surface area contributed by atoms with E-state index in [0.29, 0.717) is 29.8 Å². The summed E-state index contributed by atoms with van der Waals surface area (Å²) in [6.45, 7) is 7.45. The zero-order valence-corrected chi connectivity index (χ0v) is 14.2. The van der Waals surface area contributed by atoms with Crippen molar-refractivity contribution in [2.24, 2.45) is 4.99 Å². The van der Waals surface area contributed by atoms with Crippen molar-refractivity contribution in [2.45, 2.75) is 50.5 Å². The summed E-state index contributed by atoms with van der Waals surface area (Å²) in [7, 11) is 0. The number of hydrogen-bond acceptors (Lipinski definition) is 6. The third-order valence-electron chi connectivity index (χ3n) is 5.19. The summed E-state index contributed by atoms with van der Waals surface area (Å²) >= 11 is 0. The molecule has 2 heterocycles. The fourth-order valence-electron chi connectivity index (χ4n) is 4.12. The standard InChI is InChI=1S/C19H22N4O2/c1-3-12-15(4-2)25-18(21-12)22-17-20-13-8-7-9-14(24)16(13)19(23-17)10-5-6-11-19/h3-4H,1-2,5-11H2,(H2,20,21,22,23). The number of nitrogens with one attached hydrogen (secondary N) is 2. The Hall–Kier alpha value is -2.63. The van der Waals surface area contributed by atoms with Gasteiger partial charge in [0.15, 0.2) is 11.5 Å². The molecule has 0 radical (unpaired) electrons. The Labute approximate surface area is 146 Å². The number of nitrogens with zero attached hydrogens (tertiary/aromatic N) is 2. The summed E-state index contributed by atoms with van der Waals surface area (Å²) in [5, 5.41) is 6.43. The van der Waals surface area contributed by atoms with Gasteiger partial charge in [0.25, 0.3) is 0 Å². The number of rotatable bonds is 3. The highest BCUT2D eigenvalue weighted by atomic mass is 16.4. The second kappa shape index (κ2) is 6.02. The van der Waals surface area contributed by atoms with Gasteiger partial charge in [0.2, 0.25) is 5.96 Å². The third kappa shape index (κ3) is 2.62. The number of guanidine groups is 1. The van der Waals surface area contributed by atoms with Crippen molar-refractivity contribution in [3.8, 4) is 0 Å². The molecule has 0 aromatic carbocycles. The van der Waals surface area contributed by atoms with Crippen LogP contribution in [0, 0.1) is 0 Å². The van der Waals surface area contributed by atoms with Gasteiger partial charge < -0.3 is 9.73 Å². The molecule has 0 saturated heterocycles. The van der Waals surface area contributed by atoms with Crippen LogP contribution in [0.2, 0.25) is 0 Å². The highest BCUT2D eigenvalue weighted by Crippen LogP contribution is 2.45. The van der Waals surface area contributed by atoms with Gasteiger partial charge >= 0.3 is 6.01 Å². The minimum absolute atomic E-state index is 0.248. The second-order valence-electron chi connectivity index (χ2n) is 6.76. The summed E-state index contributed by atoms with van der Waals surface area (Å²) in [6, 6.07) is 0.343. The molecule has 1 aromatic rings. The van der Waals surface area contributed by atoms with Crippen LogP contribution in [0.15, 0.2) is 33.8 Å². The van der Waals surface area contributed by atoms with Crippen LogP contribution in [-0.2, 0) is 4.79 Å². The van der Waals surface area contributed by atoms with E-state index in [1.807, 2.05) is 0 Å². The lowest BCUT2D eigenvalue weighted by Crippen LogP contribution is -2.46. The highest BCUT2D eigenvalue weighted by molar-refractivity contribution is 6.04. The van der Waals surface area contributed by atoms with Gasteiger partial charge in [0.05, 0.1) is 5.54 Å². The van der Waals surface area contributed by atoms with E-state index in [2.05, 4.69) is 28.8 Å². The quantitative estimate of drug-likeness (QED) is 0.879. The molecule has 0 amide bonds. The van der Waals surface area contributed by atoms with Gasteiger partial charge in [0.1, 0.15) is 5.69 Å². The molecule has 3 aliphatic rings. The number of carbonyl (C=O) groups excluding carboxylic acids is 1. The molecule has 1 saturated carbocycles. The van der Waals surface area contributed by atoms with Gasteiger partial charge in [-0.3, -0.25) is 10.1 Å². The predicted molar refractivity (Wildman–Crippen MR) is 98.0 cm³/mol. The molecule has 1 spiro atoms. The van der Waals surface area contributed by atoms with Crippen molar-refractivity contribution in [2.75, 3.05) is 5.32 Å². The maximum Gasteiger partial charge on any atom is 0.302 e. The fourth-order valence-corrected chi connectivity index (χ4v) is 4.12. The number of ketones is 1. The Morgan fingerprint density at radius 1 is 1.16 bits per heavy atom. The van der Waals surface area contributed by atoms with Crippen LogP contribution in [0.4, 0.5) is 6.01 Å². The van der Waals surface area contributed by atoms with Crippen LogP contribution in [0.5, 0.6) is 0 Å². The number of aliphatic imine (C=N–C) groups is 1. The van der Waals surface area contributed by atoms with E-state index in [9.17, 15) is 4.79 Å². The number of anilines is 1. The fraction of sp³-hybridized carbons (Fsp3) is 0.421. The first kappa shape index (κ1) is 15.9. The van der Waals surface area contributed by atoms with Crippen LogP contribution in [-0.4, -0.2) is 22.3 Å². The first-order valence-corrected chi connectivity index (χ1v) is 8.81. The van der Waals surface area contributed by atoms with E-state index in [-0.39, 0.29) is 11.3 Å². The molecule has 25 heavy (non-hydrogen) atoms. The van der Waals surface area contributed by atoms with Crippen molar-refractivity contribution in [3.05, 3.63) is 35.9 Å². The SMILES string of the molecule is C=Cc1nc(NC2=NC3(CCCC3)C3=C(CCCC3=O)N2)oc1C=C. The number of fused-ring (bicyclic) bond motifs is 1. The molecule has 0 bridgehead atoms. The average Bonchev–Trinajstić information content (AvgIpc) is 3.21. The van der Waals surface area contributed by atoms with Crippen molar-refractivity contribution in [1.29, 1.82) is 0 Å². The molecule has 6 nitrogen and oxygen atoms in total. The van der Waals surface area contributed by atoms with Crippen LogP contribution < -0.4 is 10.6 Å². The minimum atomic E-state index is -0.379. The summed E-state index contributed by atoms with van der Waals surface area (Å²) < 4.78 is 5.65. The molecule has 1 fully saturated rings. The molecule has 6 heteroatoms. The van der Waals surface area contributed by atoms with Gasteiger partial charge in [-0.15, -0.1) is 0 Å². The summed E-state index contributed by atoms with van der Waals surface area (Å²) in [4.78, 5) is 21.8. The van der Waals surface area contributed by atoms with Crippen molar-refractivity contribution >= 4 is 29.9 Å². The molecule has 2 aliphatic carbocycles. The van der Waals surface area contributed by atoms with Crippen molar-refractivity contribution in [3.63, 3.8) is 0 Å². The van der Waals surface area contributed by atoms with E-state index < -0.39 is 0 Å². The molecular weight excluding hydrogens is 316 g/mol. The normalized spacial score (nSPS) is 21.6. The van der Waals surface area contributed by atoms with Gasteiger partial charge in [-0.25, -0.2) is 4.99 Å². The lowest BCUT2D eigenvalue weighted by molar-refractivity contribution is -0.116. The Kier molecular flexibility index (Phi) is 3.82. The number of allylic oxidation sites excluding steroid dienone is 1. The number of carbonyl (C=O) groups is 1. The van der Waals surface area contributed by atoms with Crippen LogP contribution in [0.3, 0.4) is 0 Å². The zero-order chi connectivity index (χ0) is 17.4. The van der Waals surface area contributed by atoms with E-state index in [0.717, 1.165) is 49.8 Å². The Balaban J connectivity index is 1.67. The van der Waals surface area contributed by atoms with E-state index in [4.69, 9.17) is 9.41 Å². The number of aromatic nitrogens is 1. The molecule has 1 aliphatic heterocycles. The smallest absolute Gasteiger partial charge is 0.302 e. The molecule has 130 valence electrons. The largest absolute Gasteiger partial charge is 0.423 e. The topological polar surface area (TPSA) is 79.5 Å². The maximum atomic E-state index is 12.5. The number of Topliss-reactive ketones (excluding diaryl/α,β-unsaturated/α-hetero) is 1. The molecule has 1 aromatic heterocycles. The van der Waals surface area contributed by atoms with Gasteiger partial charge in [0, 0.05) is 17.7 Å². The average molecular weight is 338 g/mol. The van der Waals surface area contributed by atoms with E-state index >= 15 is 0 Å². The molecule has 4 rings (SSSR count). The first-order valence-electron chi connectivity index (χ1n) is 8.81.